The number of rotatable bonds is 5. The van der Waals surface area contributed by atoms with Crippen LogP contribution in [-0.2, 0) is 16.1 Å². The Morgan fingerprint density at radius 1 is 1.58 bits per heavy atom. The Kier molecular flexibility index (Phi) is 4.90. The average Bonchev–Trinajstić information content (AvgIpc) is 2.86. The van der Waals surface area contributed by atoms with Crippen LogP contribution in [0.2, 0.25) is 0 Å². The first-order chi connectivity index (χ1) is 9.21. The smallest absolute Gasteiger partial charge is 0.238 e. The lowest BCUT2D eigenvalue weighted by molar-refractivity contribution is -0.117. The van der Waals surface area contributed by atoms with Crippen LogP contribution in [0, 0.1) is 0 Å². The van der Waals surface area contributed by atoms with Crippen molar-refractivity contribution in [2.24, 2.45) is 5.73 Å². The summed E-state index contributed by atoms with van der Waals surface area (Å²) in [6.45, 7) is 2.62. The molecule has 104 valence electrons. The standard InChI is InChI=1S/C14H21N3O2/c1-19-13-5-6-17(9-13)10-14(18)16-12-4-2-3-11(7-12)8-15/h2-4,7,13H,5-6,8-10,15H2,1H3,(H,16,18). The molecule has 19 heavy (non-hydrogen) atoms. The Morgan fingerprint density at radius 2 is 2.42 bits per heavy atom. The van der Waals surface area contributed by atoms with Crippen LogP contribution in [0.15, 0.2) is 24.3 Å². The van der Waals surface area contributed by atoms with E-state index < -0.39 is 0 Å². The van der Waals surface area contributed by atoms with Gasteiger partial charge in [-0.3, -0.25) is 9.69 Å². The Morgan fingerprint density at radius 3 is 3.11 bits per heavy atom. The van der Waals surface area contributed by atoms with Crippen LogP contribution in [-0.4, -0.2) is 43.7 Å². The molecule has 2 rings (SSSR count). The van der Waals surface area contributed by atoms with Gasteiger partial charge < -0.3 is 15.8 Å². The van der Waals surface area contributed by atoms with Crippen molar-refractivity contribution in [3.63, 3.8) is 0 Å². The minimum absolute atomic E-state index is 0.00549. The van der Waals surface area contributed by atoms with Crippen LogP contribution in [0.5, 0.6) is 0 Å². The predicted molar refractivity (Wildman–Crippen MR) is 74.8 cm³/mol. The van der Waals surface area contributed by atoms with Crippen molar-refractivity contribution in [3.8, 4) is 0 Å². The maximum atomic E-state index is 11.9. The summed E-state index contributed by atoms with van der Waals surface area (Å²) in [6, 6.07) is 7.62. The molecule has 0 radical (unpaired) electrons. The number of anilines is 1. The minimum atomic E-state index is 0.00549. The summed E-state index contributed by atoms with van der Waals surface area (Å²) in [5.41, 5.74) is 7.39. The topological polar surface area (TPSA) is 67.6 Å². The molecule has 1 amide bonds. The molecule has 0 spiro atoms. The molecule has 5 heteroatoms. The number of nitrogens with two attached hydrogens (primary N) is 1. The van der Waals surface area contributed by atoms with Crippen molar-refractivity contribution in [1.82, 2.24) is 4.90 Å². The first-order valence-electron chi connectivity index (χ1n) is 6.55. The maximum absolute atomic E-state index is 11.9. The van der Waals surface area contributed by atoms with Crippen LogP contribution in [0.1, 0.15) is 12.0 Å². The first kappa shape index (κ1) is 14.0. The number of ether oxygens (including phenoxy) is 1. The lowest BCUT2D eigenvalue weighted by Gasteiger charge is -2.15. The molecule has 1 fully saturated rings. The molecule has 1 aliphatic heterocycles. The van der Waals surface area contributed by atoms with Crippen molar-refractivity contribution >= 4 is 11.6 Å². The fourth-order valence-corrected chi connectivity index (χ4v) is 2.31. The van der Waals surface area contributed by atoms with Gasteiger partial charge in [0.25, 0.3) is 0 Å². The second-order valence-electron chi connectivity index (χ2n) is 4.83. The summed E-state index contributed by atoms with van der Waals surface area (Å²) >= 11 is 0. The van der Waals surface area contributed by atoms with Crippen LogP contribution in [0.4, 0.5) is 5.69 Å². The van der Waals surface area contributed by atoms with Gasteiger partial charge >= 0.3 is 0 Å². The van der Waals surface area contributed by atoms with Gasteiger partial charge in [-0.25, -0.2) is 0 Å². The van der Waals surface area contributed by atoms with Crippen molar-refractivity contribution < 1.29 is 9.53 Å². The zero-order valence-corrected chi connectivity index (χ0v) is 11.3. The number of hydrogen-bond donors (Lipinski definition) is 2. The van der Waals surface area contributed by atoms with Gasteiger partial charge in [0, 0.05) is 32.4 Å². The zero-order valence-electron chi connectivity index (χ0n) is 11.3. The van der Waals surface area contributed by atoms with Gasteiger partial charge in [0.05, 0.1) is 12.6 Å². The molecule has 5 nitrogen and oxygen atoms in total. The largest absolute Gasteiger partial charge is 0.380 e. The Balaban J connectivity index is 1.84. The SMILES string of the molecule is COC1CCN(CC(=O)Nc2cccc(CN)c2)C1. The van der Waals surface area contributed by atoms with E-state index in [1.807, 2.05) is 24.3 Å². The van der Waals surface area contributed by atoms with Crippen molar-refractivity contribution in [2.45, 2.75) is 19.1 Å². The fraction of sp³-hybridized carbons (Fsp3) is 0.500. The Labute approximate surface area is 113 Å². The number of hydrogen-bond acceptors (Lipinski definition) is 4. The highest BCUT2D eigenvalue weighted by Crippen LogP contribution is 2.13. The number of nitrogens with one attached hydrogen (secondary N) is 1. The monoisotopic (exact) mass is 263 g/mol. The van der Waals surface area contributed by atoms with Gasteiger partial charge in [0.1, 0.15) is 0 Å². The lowest BCUT2D eigenvalue weighted by atomic mass is 10.2. The molecule has 1 aliphatic rings. The van der Waals surface area contributed by atoms with Crippen LogP contribution >= 0.6 is 0 Å². The van der Waals surface area contributed by atoms with E-state index in [1.165, 1.54) is 0 Å². The highest BCUT2D eigenvalue weighted by atomic mass is 16.5. The molecule has 0 aromatic heterocycles. The molecule has 0 saturated carbocycles. The summed E-state index contributed by atoms with van der Waals surface area (Å²) in [5.74, 6) is 0.00549. The van der Waals surface area contributed by atoms with Gasteiger partial charge in [0.15, 0.2) is 0 Å². The molecule has 3 N–H and O–H groups in total. The molecule has 1 saturated heterocycles. The van der Waals surface area contributed by atoms with Crippen molar-refractivity contribution in [1.29, 1.82) is 0 Å². The number of benzene rings is 1. The van der Waals surface area contributed by atoms with E-state index in [0.717, 1.165) is 30.8 Å². The Hall–Kier alpha value is -1.43. The summed E-state index contributed by atoms with van der Waals surface area (Å²) in [7, 11) is 1.71. The third kappa shape index (κ3) is 4.02. The van der Waals surface area contributed by atoms with Crippen LogP contribution in [0.3, 0.4) is 0 Å². The quantitative estimate of drug-likeness (QED) is 0.825. The number of carbonyl (C=O) groups is 1. The van der Waals surface area contributed by atoms with E-state index >= 15 is 0 Å². The highest BCUT2D eigenvalue weighted by molar-refractivity contribution is 5.92. The second kappa shape index (κ2) is 6.65. The minimum Gasteiger partial charge on any atom is -0.380 e. The summed E-state index contributed by atoms with van der Waals surface area (Å²) in [4.78, 5) is 14.0. The molecule has 1 aromatic rings. The molecule has 0 bridgehead atoms. The van der Waals surface area contributed by atoms with Gasteiger partial charge in [0.2, 0.25) is 5.91 Å². The molecule has 1 aromatic carbocycles. The normalized spacial score (nSPS) is 19.6. The lowest BCUT2D eigenvalue weighted by Crippen LogP contribution is -2.32. The molecule has 1 heterocycles. The molecule has 1 atom stereocenters. The molecular weight excluding hydrogens is 242 g/mol. The maximum Gasteiger partial charge on any atom is 0.238 e. The third-order valence-corrected chi connectivity index (χ3v) is 3.38. The fourth-order valence-electron chi connectivity index (χ4n) is 2.31. The highest BCUT2D eigenvalue weighted by Gasteiger charge is 2.23. The second-order valence-corrected chi connectivity index (χ2v) is 4.83. The molecule has 1 unspecified atom stereocenters. The van der Waals surface area contributed by atoms with E-state index in [1.54, 1.807) is 7.11 Å². The number of methoxy groups -OCH3 is 1. The number of likely N-dealkylation sites (tertiary alicyclic amines) is 1. The summed E-state index contributed by atoms with van der Waals surface area (Å²) < 4.78 is 5.28. The van der Waals surface area contributed by atoms with Crippen LogP contribution in [0.25, 0.3) is 0 Å². The molecule has 0 aliphatic carbocycles. The third-order valence-electron chi connectivity index (χ3n) is 3.38. The van der Waals surface area contributed by atoms with Crippen molar-refractivity contribution in [3.05, 3.63) is 29.8 Å². The summed E-state index contributed by atoms with van der Waals surface area (Å²) in [5, 5.41) is 2.90. The van der Waals surface area contributed by atoms with E-state index in [4.69, 9.17) is 10.5 Å². The number of carbonyl (C=O) groups excluding carboxylic acids is 1. The van der Waals surface area contributed by atoms with Gasteiger partial charge in [-0.2, -0.15) is 0 Å². The average molecular weight is 263 g/mol. The first-order valence-corrected chi connectivity index (χ1v) is 6.55. The molecular formula is C14H21N3O2. The number of amides is 1. The predicted octanol–water partition coefficient (Wildman–Crippen LogP) is 0.804. The van der Waals surface area contributed by atoms with E-state index in [2.05, 4.69) is 10.2 Å². The van der Waals surface area contributed by atoms with E-state index in [9.17, 15) is 4.79 Å². The van der Waals surface area contributed by atoms with E-state index in [-0.39, 0.29) is 12.0 Å². The Bertz CT molecular complexity index is 436. The van der Waals surface area contributed by atoms with Gasteiger partial charge in [-0.05, 0) is 24.1 Å². The van der Waals surface area contributed by atoms with E-state index in [0.29, 0.717) is 13.1 Å². The van der Waals surface area contributed by atoms with Crippen molar-refractivity contribution in [2.75, 3.05) is 32.1 Å². The number of nitrogens with zero attached hydrogens (tertiary/aromatic N) is 1. The summed E-state index contributed by atoms with van der Waals surface area (Å²) in [6.07, 6.45) is 1.25. The van der Waals surface area contributed by atoms with Gasteiger partial charge in [-0.15, -0.1) is 0 Å². The van der Waals surface area contributed by atoms with Crippen LogP contribution < -0.4 is 11.1 Å². The van der Waals surface area contributed by atoms with Gasteiger partial charge in [-0.1, -0.05) is 12.1 Å². The zero-order chi connectivity index (χ0) is 13.7.